The minimum Gasteiger partial charge on any atom is -0.258 e. The molecule has 0 aliphatic carbocycles. The third-order valence-electron chi connectivity index (χ3n) is 1.84. The molecule has 0 unspecified atom stereocenters. The van der Waals surface area contributed by atoms with Crippen LogP contribution < -0.4 is 0 Å². The number of alkyl halides is 1. The Kier molecular flexibility index (Phi) is 3.27. The molecule has 0 aromatic carbocycles. The standard InChI is InChI=1S/C10H14BrN/c1-7(2)10-9(6-11)5-4-8(3)12-10/h4-5,7H,6H2,1-3H3. The second-order valence-corrected chi connectivity index (χ2v) is 3.85. The summed E-state index contributed by atoms with van der Waals surface area (Å²) in [7, 11) is 0. The fourth-order valence-electron chi connectivity index (χ4n) is 1.22. The lowest BCUT2D eigenvalue weighted by Gasteiger charge is -2.09. The van der Waals surface area contributed by atoms with Crippen molar-refractivity contribution >= 4 is 15.9 Å². The number of halogens is 1. The lowest BCUT2D eigenvalue weighted by molar-refractivity contribution is 0.803. The summed E-state index contributed by atoms with van der Waals surface area (Å²) in [5, 5.41) is 0.897. The fourth-order valence-corrected chi connectivity index (χ4v) is 1.69. The van der Waals surface area contributed by atoms with Gasteiger partial charge in [0, 0.05) is 16.7 Å². The molecule has 1 heterocycles. The Bertz CT molecular complexity index is 269. The highest BCUT2D eigenvalue weighted by Crippen LogP contribution is 2.19. The maximum absolute atomic E-state index is 4.51. The van der Waals surface area contributed by atoms with E-state index in [-0.39, 0.29) is 0 Å². The van der Waals surface area contributed by atoms with Crippen molar-refractivity contribution in [1.82, 2.24) is 4.98 Å². The van der Waals surface area contributed by atoms with E-state index in [1.807, 2.05) is 6.92 Å². The van der Waals surface area contributed by atoms with Crippen LogP contribution in [-0.2, 0) is 5.33 Å². The number of aryl methyl sites for hydroxylation is 1. The largest absolute Gasteiger partial charge is 0.258 e. The number of aromatic nitrogens is 1. The summed E-state index contributed by atoms with van der Waals surface area (Å²) in [5.41, 5.74) is 3.62. The molecule has 1 nitrogen and oxygen atoms in total. The molecule has 0 bridgehead atoms. The number of nitrogens with zero attached hydrogens (tertiary/aromatic N) is 1. The van der Waals surface area contributed by atoms with Crippen LogP contribution in [0.4, 0.5) is 0 Å². The van der Waals surface area contributed by atoms with Crippen LogP contribution in [-0.4, -0.2) is 4.98 Å². The molecule has 0 radical (unpaired) electrons. The van der Waals surface area contributed by atoms with Crippen molar-refractivity contribution in [1.29, 1.82) is 0 Å². The molecule has 1 aromatic rings. The molecule has 0 spiro atoms. The molecule has 2 heteroatoms. The highest BCUT2D eigenvalue weighted by atomic mass is 79.9. The molecule has 1 aromatic heterocycles. The van der Waals surface area contributed by atoms with Crippen LogP contribution in [0.15, 0.2) is 12.1 Å². The Balaban J connectivity index is 3.12. The summed E-state index contributed by atoms with van der Waals surface area (Å²) in [6.45, 7) is 6.38. The van der Waals surface area contributed by atoms with E-state index in [2.05, 4.69) is 46.9 Å². The summed E-state index contributed by atoms with van der Waals surface area (Å²) in [6, 6.07) is 4.20. The number of hydrogen-bond donors (Lipinski definition) is 0. The van der Waals surface area contributed by atoms with Gasteiger partial charge in [-0.3, -0.25) is 4.98 Å². The first-order chi connectivity index (χ1) is 5.65. The summed E-state index contributed by atoms with van der Waals surface area (Å²) >= 11 is 3.46. The molecular formula is C10H14BrN. The molecular weight excluding hydrogens is 214 g/mol. The van der Waals surface area contributed by atoms with Crippen LogP contribution in [0.2, 0.25) is 0 Å². The van der Waals surface area contributed by atoms with Gasteiger partial charge in [0.25, 0.3) is 0 Å². The zero-order valence-electron chi connectivity index (χ0n) is 7.76. The van der Waals surface area contributed by atoms with Crippen LogP contribution in [0.5, 0.6) is 0 Å². The van der Waals surface area contributed by atoms with E-state index in [1.54, 1.807) is 0 Å². The van der Waals surface area contributed by atoms with E-state index >= 15 is 0 Å². The van der Waals surface area contributed by atoms with Crippen molar-refractivity contribution in [2.45, 2.75) is 32.0 Å². The van der Waals surface area contributed by atoms with E-state index in [9.17, 15) is 0 Å². The molecule has 0 atom stereocenters. The predicted octanol–water partition coefficient (Wildman–Crippen LogP) is 3.41. The van der Waals surface area contributed by atoms with Gasteiger partial charge in [0.15, 0.2) is 0 Å². The maximum Gasteiger partial charge on any atom is 0.0472 e. The van der Waals surface area contributed by atoms with Crippen LogP contribution >= 0.6 is 15.9 Å². The van der Waals surface area contributed by atoms with E-state index in [0.29, 0.717) is 5.92 Å². The Morgan fingerprint density at radius 3 is 2.58 bits per heavy atom. The average molecular weight is 228 g/mol. The summed E-state index contributed by atoms with van der Waals surface area (Å²) in [4.78, 5) is 4.51. The molecule has 12 heavy (non-hydrogen) atoms. The minimum absolute atomic E-state index is 0.512. The van der Waals surface area contributed by atoms with Crippen molar-refractivity contribution in [3.05, 3.63) is 29.1 Å². The van der Waals surface area contributed by atoms with Crippen molar-refractivity contribution in [3.63, 3.8) is 0 Å². The van der Waals surface area contributed by atoms with Gasteiger partial charge >= 0.3 is 0 Å². The van der Waals surface area contributed by atoms with Crippen LogP contribution in [0.25, 0.3) is 0 Å². The lowest BCUT2D eigenvalue weighted by Crippen LogP contribution is -1.99. The van der Waals surface area contributed by atoms with Crippen LogP contribution in [0, 0.1) is 6.92 Å². The van der Waals surface area contributed by atoms with Crippen LogP contribution in [0.3, 0.4) is 0 Å². The summed E-state index contributed by atoms with van der Waals surface area (Å²) < 4.78 is 0. The average Bonchev–Trinajstić information content (AvgIpc) is 2.04. The quantitative estimate of drug-likeness (QED) is 0.707. The molecule has 0 aliphatic heterocycles. The van der Waals surface area contributed by atoms with Crippen molar-refractivity contribution < 1.29 is 0 Å². The first-order valence-corrected chi connectivity index (χ1v) is 5.29. The maximum atomic E-state index is 4.51. The number of hydrogen-bond acceptors (Lipinski definition) is 1. The smallest absolute Gasteiger partial charge is 0.0472 e. The monoisotopic (exact) mass is 227 g/mol. The molecule has 0 saturated carbocycles. The Morgan fingerprint density at radius 1 is 1.42 bits per heavy atom. The first-order valence-electron chi connectivity index (χ1n) is 4.17. The van der Waals surface area contributed by atoms with Gasteiger partial charge in [-0.25, -0.2) is 0 Å². The van der Waals surface area contributed by atoms with Gasteiger partial charge in [0.1, 0.15) is 0 Å². The molecule has 0 amide bonds. The molecule has 1 rings (SSSR count). The highest BCUT2D eigenvalue weighted by Gasteiger charge is 2.06. The zero-order chi connectivity index (χ0) is 9.14. The normalized spacial score (nSPS) is 10.8. The second kappa shape index (κ2) is 4.04. The zero-order valence-corrected chi connectivity index (χ0v) is 9.35. The third kappa shape index (κ3) is 2.07. The van der Waals surface area contributed by atoms with Gasteiger partial charge < -0.3 is 0 Å². The summed E-state index contributed by atoms with van der Waals surface area (Å²) in [5.74, 6) is 0.512. The Hall–Kier alpha value is -0.370. The van der Waals surface area contributed by atoms with E-state index in [4.69, 9.17) is 0 Å². The van der Waals surface area contributed by atoms with Gasteiger partial charge in [-0.05, 0) is 24.5 Å². The topological polar surface area (TPSA) is 12.9 Å². The van der Waals surface area contributed by atoms with E-state index in [1.165, 1.54) is 11.3 Å². The van der Waals surface area contributed by atoms with E-state index < -0.39 is 0 Å². The lowest BCUT2D eigenvalue weighted by atomic mass is 10.0. The van der Waals surface area contributed by atoms with Gasteiger partial charge in [-0.15, -0.1) is 0 Å². The predicted molar refractivity (Wildman–Crippen MR) is 55.7 cm³/mol. The van der Waals surface area contributed by atoms with Gasteiger partial charge in [0.2, 0.25) is 0 Å². The first kappa shape index (κ1) is 9.72. The minimum atomic E-state index is 0.512. The van der Waals surface area contributed by atoms with Gasteiger partial charge in [-0.1, -0.05) is 35.8 Å². The van der Waals surface area contributed by atoms with Crippen LogP contribution in [0.1, 0.15) is 36.7 Å². The molecule has 66 valence electrons. The van der Waals surface area contributed by atoms with Crippen molar-refractivity contribution in [2.24, 2.45) is 0 Å². The molecule has 0 N–H and O–H groups in total. The molecule has 0 saturated heterocycles. The number of rotatable bonds is 2. The molecule has 0 aliphatic rings. The second-order valence-electron chi connectivity index (χ2n) is 3.29. The third-order valence-corrected chi connectivity index (χ3v) is 2.45. The fraction of sp³-hybridized carbons (Fsp3) is 0.500. The summed E-state index contributed by atoms with van der Waals surface area (Å²) in [6.07, 6.45) is 0. The van der Waals surface area contributed by atoms with E-state index in [0.717, 1.165) is 11.0 Å². The molecule has 0 fully saturated rings. The van der Waals surface area contributed by atoms with Gasteiger partial charge in [-0.2, -0.15) is 0 Å². The SMILES string of the molecule is Cc1ccc(CBr)c(C(C)C)n1. The highest BCUT2D eigenvalue weighted by molar-refractivity contribution is 9.08. The van der Waals surface area contributed by atoms with Crippen molar-refractivity contribution in [2.75, 3.05) is 0 Å². The van der Waals surface area contributed by atoms with Crippen molar-refractivity contribution in [3.8, 4) is 0 Å². The Morgan fingerprint density at radius 2 is 2.08 bits per heavy atom. The number of pyridine rings is 1. The Labute approximate surface area is 82.3 Å². The van der Waals surface area contributed by atoms with Gasteiger partial charge in [0.05, 0.1) is 0 Å².